The monoisotopic (exact) mass is 202 g/mol. The number of methoxy groups -OCH3 is 2. The van der Waals surface area contributed by atoms with Crippen molar-refractivity contribution in [3.8, 4) is 0 Å². The van der Waals surface area contributed by atoms with Gasteiger partial charge in [-0.1, -0.05) is 20.3 Å². The predicted molar refractivity (Wildman–Crippen MR) is 51.6 cm³/mol. The molecular formula is C10H18O4. The van der Waals surface area contributed by atoms with Gasteiger partial charge in [-0.25, -0.2) is 0 Å². The quantitative estimate of drug-likeness (QED) is 0.499. The highest BCUT2D eigenvalue weighted by Gasteiger charge is 2.33. The lowest BCUT2D eigenvalue weighted by molar-refractivity contribution is -0.161. The molecule has 0 heterocycles. The minimum atomic E-state index is -0.787. The third-order valence-corrected chi connectivity index (χ3v) is 2.22. The summed E-state index contributed by atoms with van der Waals surface area (Å²) in [5, 5.41) is 0. The molecule has 0 N–H and O–H groups in total. The first-order valence-electron chi connectivity index (χ1n) is 4.74. The van der Waals surface area contributed by atoms with E-state index >= 15 is 0 Å². The fraction of sp³-hybridized carbons (Fsp3) is 0.800. The summed E-state index contributed by atoms with van der Waals surface area (Å²) in [6, 6.07) is 0. The molecular weight excluding hydrogens is 184 g/mol. The number of ether oxygens (including phenoxy) is 2. The molecule has 1 atom stereocenters. The van der Waals surface area contributed by atoms with Crippen molar-refractivity contribution >= 4 is 11.9 Å². The van der Waals surface area contributed by atoms with Crippen LogP contribution < -0.4 is 0 Å². The Hall–Kier alpha value is -1.06. The van der Waals surface area contributed by atoms with Crippen molar-refractivity contribution in [3.05, 3.63) is 0 Å². The fourth-order valence-electron chi connectivity index (χ4n) is 1.44. The number of hydrogen-bond acceptors (Lipinski definition) is 4. The van der Waals surface area contributed by atoms with Gasteiger partial charge in [-0.15, -0.1) is 0 Å². The summed E-state index contributed by atoms with van der Waals surface area (Å²) >= 11 is 0. The van der Waals surface area contributed by atoms with E-state index in [1.54, 1.807) is 0 Å². The zero-order valence-corrected chi connectivity index (χ0v) is 9.20. The van der Waals surface area contributed by atoms with E-state index in [-0.39, 0.29) is 5.92 Å². The Labute approximate surface area is 84.6 Å². The molecule has 0 aromatic heterocycles. The molecule has 0 saturated carbocycles. The van der Waals surface area contributed by atoms with Crippen LogP contribution in [0, 0.1) is 11.8 Å². The minimum Gasteiger partial charge on any atom is -0.468 e. The van der Waals surface area contributed by atoms with Crippen LogP contribution in [0.15, 0.2) is 0 Å². The van der Waals surface area contributed by atoms with Crippen LogP contribution in [0.4, 0.5) is 0 Å². The Kier molecular flexibility index (Phi) is 5.92. The molecule has 0 aliphatic heterocycles. The largest absolute Gasteiger partial charge is 0.468 e. The smallest absolute Gasteiger partial charge is 0.320 e. The molecule has 0 aliphatic rings. The van der Waals surface area contributed by atoms with Gasteiger partial charge in [0, 0.05) is 0 Å². The first-order chi connectivity index (χ1) is 6.58. The van der Waals surface area contributed by atoms with Crippen molar-refractivity contribution in [1.29, 1.82) is 0 Å². The number of carbonyl (C=O) groups is 2. The second kappa shape index (κ2) is 6.40. The highest BCUT2D eigenvalue weighted by molar-refractivity contribution is 5.95. The lowest BCUT2D eigenvalue weighted by atomic mass is 9.90. The standard InChI is InChI=1S/C10H18O4/c1-5-6-7(2)8(9(11)13-3)10(12)14-4/h7-8H,5-6H2,1-4H3. The maximum atomic E-state index is 11.3. The summed E-state index contributed by atoms with van der Waals surface area (Å²) in [4.78, 5) is 22.6. The third-order valence-electron chi connectivity index (χ3n) is 2.22. The van der Waals surface area contributed by atoms with Crippen molar-refractivity contribution in [2.75, 3.05) is 14.2 Å². The number of hydrogen-bond donors (Lipinski definition) is 0. The number of rotatable bonds is 5. The molecule has 0 rings (SSSR count). The predicted octanol–water partition coefficient (Wildman–Crippen LogP) is 1.38. The van der Waals surface area contributed by atoms with Crippen LogP contribution in [0.5, 0.6) is 0 Å². The molecule has 0 radical (unpaired) electrons. The number of esters is 2. The molecule has 0 aromatic carbocycles. The molecule has 4 heteroatoms. The van der Waals surface area contributed by atoms with E-state index in [9.17, 15) is 9.59 Å². The second-order valence-electron chi connectivity index (χ2n) is 3.29. The van der Waals surface area contributed by atoms with Crippen LogP contribution in [-0.4, -0.2) is 26.2 Å². The summed E-state index contributed by atoms with van der Waals surface area (Å²) in [6.07, 6.45) is 1.72. The van der Waals surface area contributed by atoms with Gasteiger partial charge < -0.3 is 9.47 Å². The average Bonchev–Trinajstić information content (AvgIpc) is 2.17. The summed E-state index contributed by atoms with van der Waals surface area (Å²) in [5.41, 5.74) is 0. The van der Waals surface area contributed by atoms with Gasteiger partial charge in [-0.3, -0.25) is 9.59 Å². The van der Waals surface area contributed by atoms with Gasteiger partial charge in [0.2, 0.25) is 0 Å². The van der Waals surface area contributed by atoms with Crippen molar-refractivity contribution in [1.82, 2.24) is 0 Å². The van der Waals surface area contributed by atoms with E-state index < -0.39 is 17.9 Å². The van der Waals surface area contributed by atoms with E-state index in [0.29, 0.717) is 0 Å². The molecule has 14 heavy (non-hydrogen) atoms. The van der Waals surface area contributed by atoms with Gasteiger partial charge in [0.05, 0.1) is 14.2 Å². The summed E-state index contributed by atoms with van der Waals surface area (Å²) in [6.45, 7) is 3.85. The molecule has 1 unspecified atom stereocenters. The first-order valence-corrected chi connectivity index (χ1v) is 4.74. The van der Waals surface area contributed by atoms with Gasteiger partial charge in [0.15, 0.2) is 5.92 Å². The SMILES string of the molecule is CCCC(C)C(C(=O)OC)C(=O)OC. The molecule has 0 fully saturated rings. The van der Waals surface area contributed by atoms with Gasteiger partial charge in [0.25, 0.3) is 0 Å². The molecule has 82 valence electrons. The molecule has 0 spiro atoms. The first kappa shape index (κ1) is 12.9. The van der Waals surface area contributed by atoms with Crippen LogP contribution in [-0.2, 0) is 19.1 Å². The van der Waals surface area contributed by atoms with Crippen LogP contribution in [0.1, 0.15) is 26.7 Å². The lowest BCUT2D eigenvalue weighted by Crippen LogP contribution is -2.32. The fourth-order valence-corrected chi connectivity index (χ4v) is 1.44. The van der Waals surface area contributed by atoms with E-state index in [1.165, 1.54) is 14.2 Å². The Morgan fingerprint density at radius 2 is 1.57 bits per heavy atom. The molecule has 0 aliphatic carbocycles. The molecule has 0 saturated heterocycles. The summed E-state index contributed by atoms with van der Waals surface area (Å²) in [7, 11) is 2.55. The van der Waals surface area contributed by atoms with Gasteiger partial charge in [-0.05, 0) is 12.3 Å². The second-order valence-corrected chi connectivity index (χ2v) is 3.29. The van der Waals surface area contributed by atoms with E-state index in [0.717, 1.165) is 12.8 Å². The molecule has 0 aromatic rings. The molecule has 0 amide bonds. The Bertz CT molecular complexity index is 184. The maximum Gasteiger partial charge on any atom is 0.320 e. The van der Waals surface area contributed by atoms with Crippen molar-refractivity contribution in [3.63, 3.8) is 0 Å². The highest BCUT2D eigenvalue weighted by Crippen LogP contribution is 2.19. The average molecular weight is 202 g/mol. The zero-order valence-electron chi connectivity index (χ0n) is 9.20. The zero-order chi connectivity index (χ0) is 11.1. The minimum absolute atomic E-state index is 0.0418. The Balaban J connectivity index is 4.54. The van der Waals surface area contributed by atoms with Gasteiger partial charge >= 0.3 is 11.9 Å². The summed E-state index contributed by atoms with van der Waals surface area (Å²) < 4.78 is 9.13. The Morgan fingerprint density at radius 3 is 1.86 bits per heavy atom. The van der Waals surface area contributed by atoms with E-state index in [1.807, 2.05) is 13.8 Å². The van der Waals surface area contributed by atoms with Crippen LogP contribution in [0.25, 0.3) is 0 Å². The summed E-state index contributed by atoms with van der Waals surface area (Å²) in [5.74, 6) is -1.86. The van der Waals surface area contributed by atoms with Gasteiger partial charge in [0.1, 0.15) is 0 Å². The van der Waals surface area contributed by atoms with Crippen molar-refractivity contribution in [2.24, 2.45) is 11.8 Å². The lowest BCUT2D eigenvalue weighted by Gasteiger charge is -2.18. The van der Waals surface area contributed by atoms with E-state index in [4.69, 9.17) is 0 Å². The van der Waals surface area contributed by atoms with Crippen LogP contribution in [0.2, 0.25) is 0 Å². The van der Waals surface area contributed by atoms with E-state index in [2.05, 4.69) is 9.47 Å². The third kappa shape index (κ3) is 3.36. The molecule has 4 nitrogen and oxygen atoms in total. The topological polar surface area (TPSA) is 52.6 Å². The normalized spacial score (nSPS) is 12.4. The van der Waals surface area contributed by atoms with Crippen LogP contribution in [0.3, 0.4) is 0 Å². The molecule has 0 bridgehead atoms. The van der Waals surface area contributed by atoms with Gasteiger partial charge in [-0.2, -0.15) is 0 Å². The van der Waals surface area contributed by atoms with Crippen LogP contribution >= 0.6 is 0 Å². The van der Waals surface area contributed by atoms with Crippen molar-refractivity contribution < 1.29 is 19.1 Å². The van der Waals surface area contributed by atoms with Crippen molar-refractivity contribution in [2.45, 2.75) is 26.7 Å². The Morgan fingerprint density at radius 1 is 1.14 bits per heavy atom. The number of carbonyl (C=O) groups excluding carboxylic acids is 2. The maximum absolute atomic E-state index is 11.3. The highest BCUT2D eigenvalue weighted by atomic mass is 16.5.